The van der Waals surface area contributed by atoms with Crippen molar-refractivity contribution in [2.45, 2.75) is 18.8 Å². The van der Waals surface area contributed by atoms with Crippen molar-refractivity contribution in [3.8, 4) is 0 Å². The van der Waals surface area contributed by atoms with Crippen LogP contribution in [0.15, 0.2) is 57.6 Å². The third kappa shape index (κ3) is 5.07. The normalized spacial score (nSPS) is 16.4. The van der Waals surface area contributed by atoms with Gasteiger partial charge in [-0.25, -0.2) is 14.8 Å². The number of thiazole rings is 1. The number of H-pyrrole nitrogens is 2. The fourth-order valence-corrected chi connectivity index (χ4v) is 6.26. The maximum absolute atomic E-state index is 13.2. The van der Waals surface area contributed by atoms with Gasteiger partial charge in [0.15, 0.2) is 0 Å². The van der Waals surface area contributed by atoms with Crippen LogP contribution in [0.2, 0.25) is 0 Å². The Morgan fingerprint density at radius 1 is 0.900 bits per heavy atom. The van der Waals surface area contributed by atoms with Crippen molar-refractivity contribution >= 4 is 45.6 Å². The van der Waals surface area contributed by atoms with E-state index in [0.29, 0.717) is 26.2 Å². The molecule has 0 unspecified atom stereocenters. The van der Waals surface area contributed by atoms with E-state index in [1.165, 1.54) is 17.4 Å². The largest absolute Gasteiger partial charge is 0.353 e. The molecular formula is C27H28N8O4S. The van der Waals surface area contributed by atoms with Crippen LogP contribution in [-0.4, -0.2) is 81.2 Å². The molecule has 12 nitrogen and oxygen atoms in total. The molecule has 0 spiro atoms. The molecule has 0 atom stereocenters. The Balaban J connectivity index is 1.04. The average Bonchev–Trinajstić information content (AvgIpc) is 3.50. The van der Waals surface area contributed by atoms with Crippen LogP contribution in [-0.2, 0) is 0 Å². The molecule has 13 heteroatoms. The Kier molecular flexibility index (Phi) is 7.03. The van der Waals surface area contributed by atoms with Crippen LogP contribution in [0.1, 0.15) is 34.3 Å². The van der Waals surface area contributed by atoms with Crippen LogP contribution < -0.4 is 21.3 Å². The van der Waals surface area contributed by atoms with E-state index in [4.69, 9.17) is 0 Å². The van der Waals surface area contributed by atoms with E-state index in [0.717, 1.165) is 36.8 Å². The summed E-state index contributed by atoms with van der Waals surface area (Å²) < 4.78 is 0. The lowest BCUT2D eigenvalue weighted by Gasteiger charge is -2.39. The number of aromatic amines is 2. The Hall–Kier alpha value is -4.52. The first kappa shape index (κ1) is 25.7. The quantitative estimate of drug-likeness (QED) is 0.347. The average molecular weight is 561 g/mol. The topological polar surface area (TPSA) is 147 Å². The summed E-state index contributed by atoms with van der Waals surface area (Å²) in [6.07, 6.45) is 3.33. The number of hydrogen-bond donors (Lipinski definition) is 3. The minimum absolute atomic E-state index is 0.0715. The maximum atomic E-state index is 13.2. The van der Waals surface area contributed by atoms with Gasteiger partial charge in [0.2, 0.25) is 0 Å². The highest BCUT2D eigenvalue weighted by molar-refractivity contribution is 7.10. The third-order valence-electron chi connectivity index (χ3n) is 7.47. The van der Waals surface area contributed by atoms with Crippen LogP contribution in [0.3, 0.4) is 0 Å². The van der Waals surface area contributed by atoms with Crippen LogP contribution in [0.4, 0.5) is 16.3 Å². The van der Waals surface area contributed by atoms with Crippen LogP contribution in [0.25, 0.3) is 10.8 Å². The fourth-order valence-electron chi connectivity index (χ4n) is 5.28. The van der Waals surface area contributed by atoms with Crippen molar-refractivity contribution < 1.29 is 9.59 Å². The summed E-state index contributed by atoms with van der Waals surface area (Å²) in [5, 5.41) is 10.2. The lowest BCUT2D eigenvalue weighted by Crippen LogP contribution is -2.54. The first-order valence-corrected chi connectivity index (χ1v) is 14.1. The molecule has 2 saturated heterocycles. The van der Waals surface area contributed by atoms with Gasteiger partial charge in [-0.3, -0.25) is 24.6 Å². The van der Waals surface area contributed by atoms with Gasteiger partial charge in [0, 0.05) is 56.8 Å². The first-order chi connectivity index (χ1) is 19.5. The molecular weight excluding hydrogens is 532 g/mol. The number of urea groups is 1. The number of piperazine rings is 1. The Labute approximate surface area is 232 Å². The van der Waals surface area contributed by atoms with E-state index < -0.39 is 17.0 Å². The number of anilines is 2. The van der Waals surface area contributed by atoms with Crippen molar-refractivity contribution in [1.82, 2.24) is 30.0 Å². The molecule has 0 saturated carbocycles. The van der Waals surface area contributed by atoms with Gasteiger partial charge in [-0.15, -0.1) is 11.3 Å². The van der Waals surface area contributed by atoms with Crippen molar-refractivity contribution in [2.24, 2.45) is 0 Å². The van der Waals surface area contributed by atoms with Gasteiger partial charge in [-0.05, 0) is 37.1 Å². The highest BCUT2D eigenvalue weighted by Gasteiger charge is 2.30. The molecule has 40 heavy (non-hydrogen) atoms. The second-order valence-electron chi connectivity index (χ2n) is 9.87. The zero-order chi connectivity index (χ0) is 27.6. The Morgan fingerprint density at radius 3 is 2.40 bits per heavy atom. The molecule has 0 bridgehead atoms. The molecule has 4 aromatic rings. The van der Waals surface area contributed by atoms with Gasteiger partial charge in [0.25, 0.3) is 17.0 Å². The standard InChI is InChI=1S/C27H28N8O4S/c36-23-18-4-3-5-19(22(18)25(38)32-31-23)29-24(37)20-16-40-26(30-20)17-7-10-34(11-8-17)27(39)35-14-12-33(13-15-35)21-6-1-2-9-28-21/h1-6,9,16-17H,7-8,10-15H2,(H,29,37)(H,31,36)(H,32,38). The van der Waals surface area contributed by atoms with Crippen LogP contribution in [0.5, 0.6) is 0 Å². The van der Waals surface area contributed by atoms with Crippen LogP contribution >= 0.6 is 11.3 Å². The minimum Gasteiger partial charge on any atom is -0.353 e. The summed E-state index contributed by atoms with van der Waals surface area (Å²) in [6, 6.07) is 10.6. The van der Waals surface area contributed by atoms with E-state index in [1.807, 2.05) is 28.0 Å². The van der Waals surface area contributed by atoms with Gasteiger partial charge in [-0.1, -0.05) is 12.1 Å². The molecule has 206 valence electrons. The number of piperidine rings is 1. The summed E-state index contributed by atoms with van der Waals surface area (Å²) in [5.41, 5.74) is -0.446. The second kappa shape index (κ2) is 10.9. The number of hydrogen-bond acceptors (Lipinski definition) is 8. The molecule has 2 aliphatic rings. The van der Waals surface area contributed by atoms with Crippen molar-refractivity contribution in [2.75, 3.05) is 49.5 Å². The Bertz CT molecular complexity index is 1650. The molecule has 1 aromatic carbocycles. The van der Waals surface area contributed by atoms with E-state index in [9.17, 15) is 19.2 Å². The second-order valence-corrected chi connectivity index (χ2v) is 10.8. The van der Waals surface area contributed by atoms with E-state index in [1.54, 1.807) is 23.7 Å². The highest BCUT2D eigenvalue weighted by atomic mass is 32.1. The number of amides is 3. The number of pyridine rings is 1. The maximum Gasteiger partial charge on any atom is 0.320 e. The number of carbonyl (C=O) groups excluding carboxylic acids is 2. The third-order valence-corrected chi connectivity index (χ3v) is 8.47. The van der Waals surface area contributed by atoms with Crippen molar-refractivity contribution in [3.05, 3.63) is 79.4 Å². The number of nitrogens with one attached hydrogen (secondary N) is 3. The lowest BCUT2D eigenvalue weighted by atomic mass is 9.98. The first-order valence-electron chi connectivity index (χ1n) is 13.2. The van der Waals surface area contributed by atoms with E-state index in [2.05, 4.69) is 30.4 Å². The predicted molar refractivity (Wildman–Crippen MR) is 152 cm³/mol. The molecule has 0 radical (unpaired) electrons. The van der Waals surface area contributed by atoms with Gasteiger partial charge in [0.05, 0.1) is 21.5 Å². The SMILES string of the molecule is O=C(Nc1cccc2c(=O)[nH][nH]c(=O)c12)c1csc(C2CCN(C(=O)N3CCN(c4ccccn4)CC3)CC2)n1. The summed E-state index contributed by atoms with van der Waals surface area (Å²) in [6.45, 7) is 4.12. The number of rotatable bonds is 4. The van der Waals surface area contributed by atoms with Gasteiger partial charge < -0.3 is 20.0 Å². The number of nitrogens with zero attached hydrogens (tertiary/aromatic N) is 5. The van der Waals surface area contributed by atoms with Crippen LogP contribution in [0, 0.1) is 0 Å². The number of fused-ring (bicyclic) bond motifs is 1. The fraction of sp³-hybridized carbons (Fsp3) is 0.333. The summed E-state index contributed by atoms with van der Waals surface area (Å²) in [7, 11) is 0. The number of carbonyl (C=O) groups is 2. The summed E-state index contributed by atoms with van der Waals surface area (Å²) >= 11 is 1.42. The molecule has 3 N–H and O–H groups in total. The highest BCUT2D eigenvalue weighted by Crippen LogP contribution is 2.31. The molecule has 3 aromatic heterocycles. The molecule has 5 heterocycles. The molecule has 6 rings (SSSR count). The predicted octanol–water partition coefficient (Wildman–Crippen LogP) is 2.44. The van der Waals surface area contributed by atoms with E-state index in [-0.39, 0.29) is 34.1 Å². The van der Waals surface area contributed by atoms with E-state index >= 15 is 0 Å². The lowest BCUT2D eigenvalue weighted by molar-refractivity contribution is 0.102. The molecule has 2 fully saturated rings. The summed E-state index contributed by atoms with van der Waals surface area (Å²) in [4.78, 5) is 65.5. The van der Waals surface area contributed by atoms with Crippen molar-refractivity contribution in [1.29, 1.82) is 0 Å². The Morgan fingerprint density at radius 2 is 1.65 bits per heavy atom. The van der Waals surface area contributed by atoms with Crippen molar-refractivity contribution in [3.63, 3.8) is 0 Å². The number of benzene rings is 1. The van der Waals surface area contributed by atoms with Gasteiger partial charge in [-0.2, -0.15) is 0 Å². The molecule has 0 aliphatic carbocycles. The number of aromatic nitrogens is 4. The molecule has 3 amide bonds. The zero-order valence-corrected chi connectivity index (χ0v) is 22.4. The van der Waals surface area contributed by atoms with Gasteiger partial charge >= 0.3 is 6.03 Å². The van der Waals surface area contributed by atoms with Gasteiger partial charge in [0.1, 0.15) is 11.5 Å². The number of likely N-dealkylation sites (tertiary alicyclic amines) is 1. The molecule has 2 aliphatic heterocycles. The smallest absolute Gasteiger partial charge is 0.320 e. The summed E-state index contributed by atoms with van der Waals surface area (Å²) in [5.74, 6) is 0.649. The zero-order valence-electron chi connectivity index (χ0n) is 21.6. The monoisotopic (exact) mass is 560 g/mol. The minimum atomic E-state index is -0.499.